The molecular weight excluding hydrogens is 198 g/mol. The fourth-order valence-corrected chi connectivity index (χ4v) is 0.958. The van der Waals surface area contributed by atoms with Gasteiger partial charge in [0.2, 0.25) is 0 Å². The lowest BCUT2D eigenvalue weighted by molar-refractivity contribution is 0.0297. The second-order valence-electron chi connectivity index (χ2n) is 4.69. The minimum atomic E-state index is -0.984. The summed E-state index contributed by atoms with van der Waals surface area (Å²) in [6.07, 6.45) is -1.34. The molecule has 90 valence electrons. The van der Waals surface area contributed by atoms with E-state index in [1.165, 1.54) is 0 Å². The molecule has 15 heavy (non-hydrogen) atoms. The topological polar surface area (TPSA) is 78.8 Å². The zero-order valence-electron chi connectivity index (χ0n) is 9.78. The fourth-order valence-electron chi connectivity index (χ4n) is 0.958. The van der Waals surface area contributed by atoms with Gasteiger partial charge >= 0.3 is 6.09 Å². The molecule has 0 rings (SSSR count). The van der Waals surface area contributed by atoms with Gasteiger partial charge in [0.1, 0.15) is 11.8 Å². The molecule has 3 N–H and O–H groups in total. The Kier molecular flexibility index (Phi) is 5.60. The molecule has 1 amide bonds. The number of alkyl carbamates (subject to hydrolysis) is 1. The van der Waals surface area contributed by atoms with Crippen molar-refractivity contribution in [3.8, 4) is 0 Å². The third kappa shape index (κ3) is 8.20. The van der Waals surface area contributed by atoms with Crippen LogP contribution in [0, 0.1) is 5.92 Å². The first-order chi connectivity index (χ1) is 6.74. The molecule has 0 aromatic heterocycles. The van der Waals surface area contributed by atoms with E-state index in [-0.39, 0.29) is 12.5 Å². The molecule has 0 unspecified atom stereocenters. The van der Waals surface area contributed by atoms with Gasteiger partial charge in [-0.25, -0.2) is 4.79 Å². The summed E-state index contributed by atoms with van der Waals surface area (Å²) in [6, 6.07) is 0. The third-order valence-electron chi connectivity index (χ3n) is 1.62. The Hall–Kier alpha value is -0.810. The minimum absolute atomic E-state index is 0.0208. The molecule has 0 aliphatic rings. The Labute approximate surface area is 90.4 Å². The predicted molar refractivity (Wildman–Crippen MR) is 56.2 cm³/mol. The Morgan fingerprint density at radius 2 is 2.00 bits per heavy atom. The maximum Gasteiger partial charge on any atom is 0.409 e. The maximum atomic E-state index is 11.2. The summed E-state index contributed by atoms with van der Waals surface area (Å²) < 4.78 is 4.95. The lowest BCUT2D eigenvalue weighted by atomic mass is 10.1. The van der Waals surface area contributed by atoms with E-state index in [1.54, 1.807) is 27.7 Å². The zero-order chi connectivity index (χ0) is 12.1. The number of carbonyl (C=O) groups is 1. The van der Waals surface area contributed by atoms with E-state index in [0.29, 0.717) is 6.42 Å². The summed E-state index contributed by atoms with van der Waals surface area (Å²) >= 11 is 0. The van der Waals surface area contributed by atoms with Crippen molar-refractivity contribution in [2.75, 3.05) is 6.61 Å². The molecule has 0 radical (unpaired) electrons. The number of aliphatic hydroxyl groups is 2. The lowest BCUT2D eigenvalue weighted by Crippen LogP contribution is -2.40. The van der Waals surface area contributed by atoms with Crippen LogP contribution < -0.4 is 5.32 Å². The highest BCUT2D eigenvalue weighted by molar-refractivity contribution is 5.67. The van der Waals surface area contributed by atoms with Crippen molar-refractivity contribution in [3.63, 3.8) is 0 Å². The van der Waals surface area contributed by atoms with Gasteiger partial charge in [-0.15, -0.1) is 0 Å². The van der Waals surface area contributed by atoms with Crippen molar-refractivity contribution in [1.29, 1.82) is 0 Å². The van der Waals surface area contributed by atoms with Crippen molar-refractivity contribution in [3.05, 3.63) is 0 Å². The quantitative estimate of drug-likeness (QED) is 0.612. The standard InChI is InChI=1S/C10H21NO4/c1-7(6-12)5-8(13)11-9(14)15-10(2,3)4/h7-8,12-13H,5-6H2,1-4H3,(H,11,14)/t7-,8-/m1/s1. The van der Waals surface area contributed by atoms with Gasteiger partial charge in [-0.3, -0.25) is 5.32 Å². The summed E-state index contributed by atoms with van der Waals surface area (Å²) in [6.45, 7) is 6.99. The average Bonchev–Trinajstić information content (AvgIpc) is 1.99. The largest absolute Gasteiger partial charge is 0.444 e. The normalized spacial score (nSPS) is 15.6. The molecule has 0 saturated heterocycles. The van der Waals surface area contributed by atoms with Gasteiger partial charge in [-0.1, -0.05) is 6.92 Å². The molecule has 0 fully saturated rings. The number of ether oxygens (including phenoxy) is 1. The summed E-state index contributed by atoms with van der Waals surface area (Å²) in [5, 5.41) is 20.4. The number of aliphatic hydroxyl groups excluding tert-OH is 2. The molecule has 0 aliphatic heterocycles. The molecule has 2 atom stereocenters. The van der Waals surface area contributed by atoms with Gasteiger partial charge in [-0.2, -0.15) is 0 Å². The van der Waals surface area contributed by atoms with Gasteiger partial charge in [0.05, 0.1) is 0 Å². The van der Waals surface area contributed by atoms with Gasteiger partial charge in [0.15, 0.2) is 0 Å². The lowest BCUT2D eigenvalue weighted by Gasteiger charge is -2.22. The Morgan fingerprint density at radius 1 is 1.47 bits per heavy atom. The van der Waals surface area contributed by atoms with Gasteiger partial charge in [-0.05, 0) is 33.1 Å². The van der Waals surface area contributed by atoms with Gasteiger partial charge < -0.3 is 14.9 Å². The highest BCUT2D eigenvalue weighted by Crippen LogP contribution is 2.08. The first kappa shape index (κ1) is 14.2. The maximum absolute atomic E-state index is 11.2. The molecule has 0 bridgehead atoms. The smallest absolute Gasteiger partial charge is 0.409 e. The number of amides is 1. The molecule has 0 saturated carbocycles. The molecule has 0 aromatic rings. The van der Waals surface area contributed by atoms with Crippen LogP contribution in [0.2, 0.25) is 0 Å². The average molecular weight is 219 g/mol. The highest BCUT2D eigenvalue weighted by atomic mass is 16.6. The van der Waals surface area contributed by atoms with Gasteiger partial charge in [0.25, 0.3) is 0 Å². The van der Waals surface area contributed by atoms with Crippen molar-refractivity contribution >= 4 is 6.09 Å². The molecule has 0 spiro atoms. The van der Waals surface area contributed by atoms with Crippen molar-refractivity contribution in [2.45, 2.75) is 45.9 Å². The Balaban J connectivity index is 3.87. The number of hydrogen-bond acceptors (Lipinski definition) is 4. The van der Waals surface area contributed by atoms with Crippen LogP contribution in [0.1, 0.15) is 34.1 Å². The molecule has 0 heterocycles. The zero-order valence-corrected chi connectivity index (χ0v) is 9.78. The second-order valence-corrected chi connectivity index (χ2v) is 4.69. The van der Waals surface area contributed by atoms with E-state index in [9.17, 15) is 9.90 Å². The van der Waals surface area contributed by atoms with Gasteiger partial charge in [0, 0.05) is 6.61 Å². The number of hydrogen-bond donors (Lipinski definition) is 3. The predicted octanol–water partition coefficient (Wildman–Crippen LogP) is 0.848. The Bertz CT molecular complexity index is 200. The second kappa shape index (κ2) is 5.92. The number of rotatable bonds is 4. The van der Waals surface area contributed by atoms with E-state index in [2.05, 4.69) is 5.32 Å². The highest BCUT2D eigenvalue weighted by Gasteiger charge is 2.19. The van der Waals surface area contributed by atoms with E-state index < -0.39 is 17.9 Å². The first-order valence-corrected chi connectivity index (χ1v) is 5.03. The molecule has 0 aliphatic carbocycles. The van der Waals surface area contributed by atoms with E-state index in [1.807, 2.05) is 0 Å². The number of carbonyl (C=O) groups excluding carboxylic acids is 1. The summed E-state index contributed by atoms with van der Waals surface area (Å²) in [5.74, 6) is -0.0602. The molecule has 5 heteroatoms. The Morgan fingerprint density at radius 3 is 2.40 bits per heavy atom. The summed E-state index contributed by atoms with van der Waals surface area (Å²) in [7, 11) is 0. The first-order valence-electron chi connectivity index (χ1n) is 5.03. The fraction of sp³-hybridized carbons (Fsp3) is 0.900. The van der Waals surface area contributed by atoms with E-state index in [0.717, 1.165) is 0 Å². The minimum Gasteiger partial charge on any atom is -0.444 e. The van der Waals surface area contributed by atoms with Crippen LogP contribution in [0.25, 0.3) is 0 Å². The molecule has 5 nitrogen and oxygen atoms in total. The number of nitrogens with one attached hydrogen (secondary N) is 1. The molecule has 0 aromatic carbocycles. The SMILES string of the molecule is C[C@@H](CO)C[C@@H](O)NC(=O)OC(C)(C)C. The van der Waals surface area contributed by atoms with Crippen molar-refractivity contribution < 1.29 is 19.7 Å². The summed E-state index contributed by atoms with van der Waals surface area (Å²) in [5.41, 5.74) is -0.577. The molecular formula is C10H21NO4. The van der Waals surface area contributed by atoms with Crippen LogP contribution in [0.3, 0.4) is 0 Å². The van der Waals surface area contributed by atoms with Crippen LogP contribution in [-0.4, -0.2) is 34.7 Å². The van der Waals surface area contributed by atoms with Crippen molar-refractivity contribution in [1.82, 2.24) is 5.32 Å². The van der Waals surface area contributed by atoms with Crippen LogP contribution in [0.15, 0.2) is 0 Å². The third-order valence-corrected chi connectivity index (χ3v) is 1.62. The van der Waals surface area contributed by atoms with Crippen LogP contribution in [-0.2, 0) is 4.74 Å². The van der Waals surface area contributed by atoms with Crippen LogP contribution in [0.5, 0.6) is 0 Å². The van der Waals surface area contributed by atoms with E-state index in [4.69, 9.17) is 9.84 Å². The summed E-state index contributed by atoms with van der Waals surface area (Å²) in [4.78, 5) is 11.2. The van der Waals surface area contributed by atoms with Crippen LogP contribution >= 0.6 is 0 Å². The van der Waals surface area contributed by atoms with Crippen molar-refractivity contribution in [2.24, 2.45) is 5.92 Å². The van der Waals surface area contributed by atoms with E-state index >= 15 is 0 Å². The van der Waals surface area contributed by atoms with Crippen LogP contribution in [0.4, 0.5) is 4.79 Å². The monoisotopic (exact) mass is 219 g/mol.